The second-order valence-electron chi connectivity index (χ2n) is 11.8. The van der Waals surface area contributed by atoms with Crippen molar-refractivity contribution < 1.29 is 32.3 Å². The van der Waals surface area contributed by atoms with Gasteiger partial charge in [-0.25, -0.2) is 4.79 Å². The topological polar surface area (TPSA) is 84.8 Å². The molecule has 4 aromatic carbocycles. The molecule has 0 radical (unpaired) electrons. The highest BCUT2D eigenvalue weighted by Crippen LogP contribution is 2.42. The molecule has 0 spiro atoms. The van der Waals surface area contributed by atoms with E-state index in [0.717, 1.165) is 37.9 Å². The maximum absolute atomic E-state index is 14.1. The van der Waals surface area contributed by atoms with Crippen LogP contribution in [0.2, 0.25) is 5.02 Å². The molecule has 0 aromatic heterocycles. The number of ketones is 1. The standard InChI is InChI=1S/C39H26ClF3N2O4/c40-26-16-18-32(31(19-26)35(46)23-8-2-1-3-9-23)45-37(47)36(49-38(48)39(41,42)43)30-12-6-11-29-28(30)17-15-25-21-44-20-24-14-13-22-7-4-5-10-27(22)33(24)34(25)29/h1-11,13-16,18-21,30,36H,12,17H2,(H,45,47)/t30?,36-/m0/s1. The Bertz CT molecular complexity index is 2310. The minimum absolute atomic E-state index is 0.00739. The largest absolute Gasteiger partial charge is 0.490 e. The van der Waals surface area contributed by atoms with E-state index in [2.05, 4.69) is 10.3 Å². The molecule has 1 heterocycles. The summed E-state index contributed by atoms with van der Waals surface area (Å²) in [5.74, 6) is -4.93. The lowest BCUT2D eigenvalue weighted by atomic mass is 9.74. The van der Waals surface area contributed by atoms with Crippen LogP contribution in [0.25, 0.3) is 22.5 Å². The molecule has 1 N–H and O–H groups in total. The number of alkyl halides is 3. The number of hydrogen-bond acceptors (Lipinski definition) is 5. The first-order valence-electron chi connectivity index (χ1n) is 15.4. The molecule has 1 unspecified atom stereocenters. The van der Waals surface area contributed by atoms with Gasteiger partial charge in [0.25, 0.3) is 5.91 Å². The summed E-state index contributed by atoms with van der Waals surface area (Å²) in [6.07, 6.45) is 2.25. The van der Waals surface area contributed by atoms with Gasteiger partial charge in [0, 0.05) is 39.7 Å². The summed E-state index contributed by atoms with van der Waals surface area (Å²) in [5.41, 5.74) is 3.35. The second kappa shape index (κ2) is 12.8. The Hall–Kier alpha value is -5.54. The van der Waals surface area contributed by atoms with Crippen LogP contribution < -0.4 is 15.8 Å². The highest BCUT2D eigenvalue weighted by molar-refractivity contribution is 6.31. The number of fused-ring (bicyclic) bond motifs is 5. The van der Waals surface area contributed by atoms with E-state index in [1.165, 1.54) is 18.2 Å². The van der Waals surface area contributed by atoms with Crippen LogP contribution in [0.1, 0.15) is 28.8 Å². The van der Waals surface area contributed by atoms with Crippen LogP contribution in [0.3, 0.4) is 0 Å². The van der Waals surface area contributed by atoms with Gasteiger partial charge in [-0.05, 0) is 63.8 Å². The zero-order chi connectivity index (χ0) is 34.3. The molecule has 1 amide bonds. The van der Waals surface area contributed by atoms with Gasteiger partial charge >= 0.3 is 12.1 Å². The molecule has 0 fully saturated rings. The van der Waals surface area contributed by atoms with Crippen LogP contribution >= 0.6 is 11.6 Å². The molecule has 2 aliphatic carbocycles. The lowest BCUT2D eigenvalue weighted by Crippen LogP contribution is -2.43. The Balaban J connectivity index is 1.34. The number of esters is 1. The fourth-order valence-electron chi connectivity index (χ4n) is 6.60. The summed E-state index contributed by atoms with van der Waals surface area (Å²) < 4.78 is 46.0. The number of nitrogens with one attached hydrogen (secondary N) is 1. The molecule has 4 aromatic rings. The van der Waals surface area contributed by atoms with E-state index in [9.17, 15) is 27.6 Å². The van der Waals surface area contributed by atoms with E-state index < -0.39 is 35.9 Å². The Kier molecular flexibility index (Phi) is 8.38. The average Bonchev–Trinajstić information content (AvgIpc) is 3.30. The third-order valence-electron chi connectivity index (χ3n) is 8.82. The number of amides is 1. The van der Waals surface area contributed by atoms with E-state index in [1.807, 2.05) is 48.6 Å². The van der Waals surface area contributed by atoms with Gasteiger partial charge < -0.3 is 10.1 Å². The number of allylic oxidation sites excluding steroid dienone is 5. The zero-order valence-electron chi connectivity index (χ0n) is 25.6. The molecule has 7 rings (SSSR count). The smallest absolute Gasteiger partial charge is 0.445 e. The SMILES string of the molecule is O=C(c1ccccc1)c1cc(Cl)ccc1NC(=O)[C@@H](OC(=O)C(F)(F)F)C1CC=CC2=C1CC=C1C=NC=c3ccc4ccccc4c3=C12. The van der Waals surface area contributed by atoms with Crippen molar-refractivity contribution in [3.8, 4) is 0 Å². The zero-order valence-corrected chi connectivity index (χ0v) is 26.4. The number of hydrogen-bond donors (Lipinski definition) is 1. The number of anilines is 1. The molecular weight excluding hydrogens is 653 g/mol. The van der Waals surface area contributed by atoms with Crippen molar-refractivity contribution in [3.63, 3.8) is 0 Å². The Morgan fingerprint density at radius 3 is 2.53 bits per heavy atom. The highest BCUT2D eigenvalue weighted by Gasteiger charge is 2.46. The molecule has 0 saturated carbocycles. The summed E-state index contributed by atoms with van der Waals surface area (Å²) in [4.78, 5) is 44.4. The van der Waals surface area contributed by atoms with Crippen LogP contribution in [-0.2, 0) is 14.3 Å². The van der Waals surface area contributed by atoms with Gasteiger partial charge in [-0.1, -0.05) is 102 Å². The van der Waals surface area contributed by atoms with Crippen molar-refractivity contribution in [3.05, 3.63) is 146 Å². The minimum Gasteiger partial charge on any atom is -0.445 e. The molecule has 244 valence electrons. The van der Waals surface area contributed by atoms with E-state index in [0.29, 0.717) is 11.1 Å². The van der Waals surface area contributed by atoms with Crippen molar-refractivity contribution in [2.45, 2.75) is 25.1 Å². The van der Waals surface area contributed by atoms with Gasteiger partial charge in [-0.3, -0.25) is 14.6 Å². The summed E-state index contributed by atoms with van der Waals surface area (Å²) in [6, 6.07) is 24.3. The van der Waals surface area contributed by atoms with Crippen LogP contribution in [0.4, 0.5) is 18.9 Å². The van der Waals surface area contributed by atoms with Crippen molar-refractivity contribution in [2.24, 2.45) is 10.9 Å². The summed E-state index contributed by atoms with van der Waals surface area (Å²) in [5, 5.41) is 6.51. The number of rotatable bonds is 6. The first-order valence-corrected chi connectivity index (χ1v) is 15.8. The average molecular weight is 679 g/mol. The van der Waals surface area contributed by atoms with Crippen molar-refractivity contribution in [1.29, 1.82) is 0 Å². The number of aliphatic imine (C=N–C) groups is 1. The first-order chi connectivity index (χ1) is 23.6. The van der Waals surface area contributed by atoms with E-state index in [-0.39, 0.29) is 29.1 Å². The number of nitrogens with zero attached hydrogens (tertiary/aromatic N) is 1. The summed E-state index contributed by atoms with van der Waals surface area (Å²) in [6.45, 7) is 0. The van der Waals surface area contributed by atoms with E-state index in [1.54, 1.807) is 48.8 Å². The highest BCUT2D eigenvalue weighted by atomic mass is 35.5. The molecular formula is C39H26ClF3N2O4. The second-order valence-corrected chi connectivity index (χ2v) is 12.2. The van der Waals surface area contributed by atoms with Crippen molar-refractivity contribution in [1.82, 2.24) is 0 Å². The number of carbonyl (C=O) groups excluding carboxylic acids is 3. The number of carbonyl (C=O) groups is 3. The molecule has 49 heavy (non-hydrogen) atoms. The van der Waals surface area contributed by atoms with Crippen LogP contribution in [0.5, 0.6) is 0 Å². The maximum Gasteiger partial charge on any atom is 0.490 e. The first kappa shape index (κ1) is 32.0. The normalized spacial score (nSPS) is 17.2. The maximum atomic E-state index is 14.1. The van der Waals surface area contributed by atoms with E-state index >= 15 is 0 Å². The molecule has 10 heteroatoms. The third-order valence-corrected chi connectivity index (χ3v) is 9.05. The van der Waals surface area contributed by atoms with Gasteiger partial charge in [0.15, 0.2) is 11.9 Å². The van der Waals surface area contributed by atoms with Crippen LogP contribution in [-0.4, -0.2) is 36.2 Å². The van der Waals surface area contributed by atoms with Gasteiger partial charge in [-0.15, -0.1) is 0 Å². The van der Waals surface area contributed by atoms with Crippen molar-refractivity contribution in [2.75, 3.05) is 5.32 Å². The lowest BCUT2D eigenvalue weighted by Gasteiger charge is -2.34. The Labute approximate surface area is 283 Å². The number of benzene rings is 4. The predicted molar refractivity (Wildman–Crippen MR) is 182 cm³/mol. The van der Waals surface area contributed by atoms with Gasteiger partial charge in [-0.2, -0.15) is 13.2 Å². The molecule has 1 aliphatic heterocycles. The van der Waals surface area contributed by atoms with Crippen LogP contribution in [0, 0.1) is 5.92 Å². The molecule has 6 nitrogen and oxygen atoms in total. The predicted octanol–water partition coefficient (Wildman–Crippen LogP) is 7.01. The molecule has 0 bridgehead atoms. The summed E-state index contributed by atoms with van der Waals surface area (Å²) >= 11 is 6.21. The van der Waals surface area contributed by atoms with Gasteiger partial charge in [0.2, 0.25) is 0 Å². The van der Waals surface area contributed by atoms with Gasteiger partial charge in [0.05, 0.1) is 5.69 Å². The van der Waals surface area contributed by atoms with Gasteiger partial charge in [0.1, 0.15) is 0 Å². The fraction of sp³-hybridized carbons (Fsp3) is 0.128. The van der Waals surface area contributed by atoms with Crippen molar-refractivity contribution >= 4 is 63.7 Å². The number of halogens is 4. The Morgan fingerprint density at radius 1 is 0.959 bits per heavy atom. The van der Waals surface area contributed by atoms with E-state index in [4.69, 9.17) is 16.3 Å². The third kappa shape index (κ3) is 6.13. The number of ether oxygens (including phenoxy) is 1. The summed E-state index contributed by atoms with van der Waals surface area (Å²) in [7, 11) is 0. The van der Waals surface area contributed by atoms with Crippen LogP contribution in [0.15, 0.2) is 125 Å². The quantitative estimate of drug-likeness (QED) is 0.176. The monoisotopic (exact) mass is 678 g/mol. The fourth-order valence-corrected chi connectivity index (χ4v) is 6.77. The molecule has 2 atom stereocenters. The minimum atomic E-state index is -5.35. The lowest BCUT2D eigenvalue weighted by molar-refractivity contribution is -0.206. The Morgan fingerprint density at radius 2 is 1.73 bits per heavy atom. The molecule has 3 aliphatic rings. The molecule has 0 saturated heterocycles.